The van der Waals surface area contributed by atoms with Crippen molar-refractivity contribution in [2.45, 2.75) is 19.0 Å². The molecule has 10 heteroatoms. The number of hydrogen-bond acceptors (Lipinski definition) is 3. The molecule has 0 atom stereocenters. The van der Waals surface area contributed by atoms with Crippen LogP contribution in [0, 0.1) is 5.82 Å². The molecule has 0 fully saturated rings. The van der Waals surface area contributed by atoms with Gasteiger partial charge in [0.1, 0.15) is 12.4 Å². The number of likely N-dealkylation sites (N-methyl/N-ethyl adjacent to an activating group) is 1. The van der Waals surface area contributed by atoms with Crippen LogP contribution in [0.2, 0.25) is 5.02 Å². The highest BCUT2D eigenvalue weighted by atomic mass is 35.5. The summed E-state index contributed by atoms with van der Waals surface area (Å²) in [6.45, 7) is -0.435. The number of nitrogens with zero attached hydrogens (tertiary/aromatic N) is 3. The van der Waals surface area contributed by atoms with Gasteiger partial charge in [0, 0.05) is 30.6 Å². The lowest BCUT2D eigenvalue weighted by Gasteiger charge is -2.26. The SMILES string of the molecule is CN(C(=O)CN1N=C(c2ccc(Cl)cc2)CCC1=O)c1ccc(C(F)(F)F)c(F)c1. The molecule has 5 nitrogen and oxygen atoms in total. The predicted molar refractivity (Wildman–Crippen MR) is 104 cm³/mol. The first-order valence-corrected chi connectivity index (χ1v) is 9.21. The number of hydrogen-bond donors (Lipinski definition) is 0. The standard InChI is InChI=1S/C20H16ClF4N3O2/c1-27(14-6-7-15(16(22)10-14)20(23,24)25)19(30)11-28-18(29)9-8-17(26-28)12-2-4-13(21)5-3-12/h2-7,10H,8-9,11H2,1H3. The zero-order valence-electron chi connectivity index (χ0n) is 15.7. The Balaban J connectivity index is 1.77. The summed E-state index contributed by atoms with van der Waals surface area (Å²) in [4.78, 5) is 25.7. The Morgan fingerprint density at radius 2 is 1.83 bits per heavy atom. The summed E-state index contributed by atoms with van der Waals surface area (Å²) in [5.74, 6) is -2.49. The van der Waals surface area contributed by atoms with E-state index in [2.05, 4.69) is 5.10 Å². The van der Waals surface area contributed by atoms with Crippen LogP contribution in [0.4, 0.5) is 23.2 Å². The van der Waals surface area contributed by atoms with Gasteiger partial charge >= 0.3 is 6.18 Å². The molecule has 1 heterocycles. The molecule has 0 radical (unpaired) electrons. The molecule has 3 rings (SSSR count). The number of carbonyl (C=O) groups is 2. The summed E-state index contributed by atoms with van der Waals surface area (Å²) in [6.07, 6.45) is -4.29. The minimum atomic E-state index is -4.84. The third-order valence-corrected chi connectivity index (χ3v) is 4.84. The van der Waals surface area contributed by atoms with E-state index >= 15 is 0 Å². The van der Waals surface area contributed by atoms with Crippen LogP contribution < -0.4 is 4.90 Å². The van der Waals surface area contributed by atoms with Crippen LogP contribution in [0.1, 0.15) is 24.0 Å². The minimum absolute atomic E-state index is 0.0723. The highest BCUT2D eigenvalue weighted by molar-refractivity contribution is 6.30. The van der Waals surface area contributed by atoms with E-state index in [1.807, 2.05) is 0 Å². The van der Waals surface area contributed by atoms with Gasteiger partial charge in [0.25, 0.3) is 0 Å². The number of hydrazone groups is 1. The topological polar surface area (TPSA) is 53.0 Å². The molecule has 1 aliphatic heterocycles. The van der Waals surface area contributed by atoms with Gasteiger partial charge in [-0.25, -0.2) is 9.40 Å². The first-order valence-electron chi connectivity index (χ1n) is 8.83. The van der Waals surface area contributed by atoms with Gasteiger partial charge in [-0.05, 0) is 35.9 Å². The average Bonchev–Trinajstić information content (AvgIpc) is 2.68. The van der Waals surface area contributed by atoms with Crippen molar-refractivity contribution in [3.05, 3.63) is 64.4 Å². The van der Waals surface area contributed by atoms with E-state index in [1.165, 1.54) is 7.05 Å². The summed E-state index contributed by atoms with van der Waals surface area (Å²) in [5, 5.41) is 5.78. The first-order chi connectivity index (χ1) is 14.1. The molecule has 1 aliphatic rings. The quantitative estimate of drug-likeness (QED) is 0.657. The third kappa shape index (κ3) is 4.79. The number of anilines is 1. The highest BCUT2D eigenvalue weighted by Crippen LogP contribution is 2.33. The third-order valence-electron chi connectivity index (χ3n) is 4.59. The maximum atomic E-state index is 13.8. The van der Waals surface area contributed by atoms with E-state index in [4.69, 9.17) is 11.6 Å². The summed E-state index contributed by atoms with van der Waals surface area (Å²) in [5.41, 5.74) is -0.141. The number of rotatable bonds is 4. The molecule has 158 valence electrons. The second kappa shape index (κ2) is 8.43. The number of alkyl halides is 3. The van der Waals surface area contributed by atoms with Gasteiger partial charge < -0.3 is 4.90 Å². The van der Waals surface area contributed by atoms with Gasteiger partial charge in [-0.3, -0.25) is 9.59 Å². The second-order valence-electron chi connectivity index (χ2n) is 6.62. The Kier molecular flexibility index (Phi) is 6.12. The van der Waals surface area contributed by atoms with Crippen molar-refractivity contribution in [3.8, 4) is 0 Å². The zero-order chi connectivity index (χ0) is 22.1. The molecular weight excluding hydrogens is 426 g/mol. The molecule has 0 aromatic heterocycles. The molecule has 0 aliphatic carbocycles. The lowest BCUT2D eigenvalue weighted by molar-refractivity contribution is -0.140. The van der Waals surface area contributed by atoms with Crippen LogP contribution in [0.3, 0.4) is 0 Å². The summed E-state index contributed by atoms with van der Waals surface area (Å²) in [7, 11) is 1.28. The lowest BCUT2D eigenvalue weighted by atomic mass is 10.0. The minimum Gasteiger partial charge on any atom is -0.314 e. The highest BCUT2D eigenvalue weighted by Gasteiger charge is 2.34. The summed E-state index contributed by atoms with van der Waals surface area (Å²) < 4.78 is 51.9. The molecule has 0 bridgehead atoms. The van der Waals surface area contributed by atoms with Crippen molar-refractivity contribution in [3.63, 3.8) is 0 Å². The fraction of sp³-hybridized carbons (Fsp3) is 0.250. The van der Waals surface area contributed by atoms with E-state index in [-0.39, 0.29) is 18.0 Å². The Bertz CT molecular complexity index is 1010. The van der Waals surface area contributed by atoms with Crippen LogP contribution in [-0.2, 0) is 15.8 Å². The van der Waals surface area contributed by atoms with Crippen LogP contribution in [-0.4, -0.2) is 36.1 Å². The monoisotopic (exact) mass is 441 g/mol. The molecule has 2 aromatic carbocycles. The Labute approximate surface area is 174 Å². The Hall–Kier alpha value is -2.94. The number of carbonyl (C=O) groups excluding carboxylic acids is 2. The van der Waals surface area contributed by atoms with Gasteiger partial charge in [0.05, 0.1) is 11.3 Å². The van der Waals surface area contributed by atoms with Crippen molar-refractivity contribution < 1.29 is 27.2 Å². The van der Waals surface area contributed by atoms with Crippen LogP contribution in [0.25, 0.3) is 0 Å². The van der Waals surface area contributed by atoms with Gasteiger partial charge in [-0.15, -0.1) is 0 Å². The van der Waals surface area contributed by atoms with Gasteiger partial charge in [0.15, 0.2) is 0 Å². The molecule has 0 saturated heterocycles. The second-order valence-corrected chi connectivity index (χ2v) is 7.06. The fourth-order valence-corrected chi connectivity index (χ4v) is 3.02. The fourth-order valence-electron chi connectivity index (χ4n) is 2.89. The van der Waals surface area contributed by atoms with Crippen molar-refractivity contribution in [1.82, 2.24) is 5.01 Å². The van der Waals surface area contributed by atoms with Gasteiger partial charge in [-0.2, -0.15) is 18.3 Å². The first kappa shape index (κ1) is 21.8. The molecule has 30 heavy (non-hydrogen) atoms. The number of halogens is 5. The molecule has 2 aromatic rings. The average molecular weight is 442 g/mol. The van der Waals surface area contributed by atoms with Gasteiger partial charge in [-0.1, -0.05) is 23.7 Å². The smallest absolute Gasteiger partial charge is 0.314 e. The van der Waals surface area contributed by atoms with Crippen molar-refractivity contribution in [2.24, 2.45) is 5.10 Å². The maximum absolute atomic E-state index is 13.8. The Morgan fingerprint density at radius 1 is 1.17 bits per heavy atom. The van der Waals surface area contributed by atoms with Crippen molar-refractivity contribution in [2.75, 3.05) is 18.5 Å². The summed E-state index contributed by atoms with van der Waals surface area (Å²) >= 11 is 5.87. The number of benzene rings is 2. The molecule has 0 saturated carbocycles. The van der Waals surface area contributed by atoms with E-state index in [1.54, 1.807) is 24.3 Å². The van der Waals surface area contributed by atoms with Gasteiger partial charge in [0.2, 0.25) is 11.8 Å². The molecular formula is C20H16ClF4N3O2. The Morgan fingerprint density at radius 3 is 2.43 bits per heavy atom. The zero-order valence-corrected chi connectivity index (χ0v) is 16.5. The van der Waals surface area contributed by atoms with Crippen molar-refractivity contribution in [1.29, 1.82) is 0 Å². The van der Waals surface area contributed by atoms with E-state index in [0.717, 1.165) is 21.5 Å². The molecule has 2 amide bonds. The largest absolute Gasteiger partial charge is 0.419 e. The van der Waals surface area contributed by atoms with E-state index < -0.39 is 30.0 Å². The van der Waals surface area contributed by atoms with Crippen molar-refractivity contribution >= 4 is 34.8 Å². The lowest BCUT2D eigenvalue weighted by Crippen LogP contribution is -2.41. The van der Waals surface area contributed by atoms with E-state index in [0.29, 0.717) is 29.3 Å². The van der Waals surface area contributed by atoms with Crippen LogP contribution >= 0.6 is 11.6 Å². The summed E-state index contributed by atoms with van der Waals surface area (Å²) in [6, 6.07) is 9.03. The molecule has 0 N–H and O–H groups in total. The molecule has 0 spiro atoms. The van der Waals surface area contributed by atoms with Crippen LogP contribution in [0.5, 0.6) is 0 Å². The maximum Gasteiger partial charge on any atom is 0.419 e. The predicted octanol–water partition coefficient (Wildman–Crippen LogP) is 4.49. The molecule has 0 unspecified atom stereocenters. The number of amides is 2. The van der Waals surface area contributed by atoms with E-state index in [9.17, 15) is 27.2 Å². The normalized spacial score (nSPS) is 14.5. The van der Waals surface area contributed by atoms with Crippen LogP contribution in [0.15, 0.2) is 47.6 Å².